The standard InChI is InChI=1S/C16H18N4/c17-11-14-15(10-12-6-2-1-3-7-12)19-20(16(14)18)13-8-4-5-9-13/h1-3,6-7,13H,4-5,8-10,18H2. The molecule has 1 aromatic heterocycles. The summed E-state index contributed by atoms with van der Waals surface area (Å²) in [7, 11) is 0. The highest BCUT2D eigenvalue weighted by Crippen LogP contribution is 2.32. The molecule has 0 amide bonds. The topological polar surface area (TPSA) is 67.6 Å². The Morgan fingerprint density at radius 3 is 2.60 bits per heavy atom. The lowest BCUT2D eigenvalue weighted by molar-refractivity contribution is 0.470. The highest BCUT2D eigenvalue weighted by atomic mass is 15.3. The molecule has 102 valence electrons. The van der Waals surface area contributed by atoms with Crippen molar-refractivity contribution in [2.45, 2.75) is 38.1 Å². The minimum absolute atomic E-state index is 0.367. The molecule has 1 aliphatic rings. The van der Waals surface area contributed by atoms with E-state index < -0.39 is 0 Å². The van der Waals surface area contributed by atoms with Gasteiger partial charge >= 0.3 is 0 Å². The van der Waals surface area contributed by atoms with Crippen LogP contribution < -0.4 is 5.73 Å². The number of nitrogens with zero attached hydrogens (tertiary/aromatic N) is 3. The number of nitrogen functional groups attached to an aromatic ring is 1. The number of nitrogens with two attached hydrogens (primary N) is 1. The van der Waals surface area contributed by atoms with E-state index in [1.54, 1.807) is 0 Å². The third-order valence-electron chi connectivity index (χ3n) is 4.02. The fourth-order valence-electron chi connectivity index (χ4n) is 2.96. The Labute approximate surface area is 118 Å². The molecule has 1 aromatic carbocycles. The predicted octanol–water partition coefficient (Wildman–Crippen LogP) is 3.04. The van der Waals surface area contributed by atoms with Crippen molar-refractivity contribution < 1.29 is 0 Å². The van der Waals surface area contributed by atoms with Crippen LogP contribution >= 0.6 is 0 Å². The van der Waals surface area contributed by atoms with Gasteiger partial charge < -0.3 is 5.73 Å². The Morgan fingerprint density at radius 1 is 1.25 bits per heavy atom. The summed E-state index contributed by atoms with van der Waals surface area (Å²) in [6.45, 7) is 0. The molecule has 1 aliphatic carbocycles. The maximum atomic E-state index is 9.35. The highest BCUT2D eigenvalue weighted by Gasteiger charge is 2.23. The molecule has 3 rings (SSSR count). The van der Waals surface area contributed by atoms with Crippen LogP contribution in [0.25, 0.3) is 0 Å². The summed E-state index contributed by atoms with van der Waals surface area (Å²) in [5.74, 6) is 0.533. The Morgan fingerprint density at radius 2 is 1.95 bits per heavy atom. The molecule has 0 radical (unpaired) electrons. The van der Waals surface area contributed by atoms with E-state index >= 15 is 0 Å². The van der Waals surface area contributed by atoms with Gasteiger partial charge in [-0.15, -0.1) is 0 Å². The summed E-state index contributed by atoms with van der Waals surface area (Å²) >= 11 is 0. The van der Waals surface area contributed by atoms with E-state index in [0.717, 1.165) is 24.1 Å². The fraction of sp³-hybridized carbons (Fsp3) is 0.375. The average Bonchev–Trinajstić information content (AvgIpc) is 3.08. The van der Waals surface area contributed by atoms with Gasteiger partial charge in [0.05, 0.1) is 11.7 Å². The molecule has 0 aliphatic heterocycles. The first-order valence-corrected chi connectivity index (χ1v) is 7.10. The highest BCUT2D eigenvalue weighted by molar-refractivity contribution is 5.53. The van der Waals surface area contributed by atoms with Gasteiger partial charge in [-0.25, -0.2) is 4.68 Å². The largest absolute Gasteiger partial charge is 0.383 e. The van der Waals surface area contributed by atoms with Crippen LogP contribution in [0.3, 0.4) is 0 Å². The number of rotatable bonds is 3. The molecular formula is C16H18N4. The third kappa shape index (κ3) is 2.27. The summed E-state index contributed by atoms with van der Waals surface area (Å²) in [4.78, 5) is 0. The van der Waals surface area contributed by atoms with Gasteiger partial charge in [0.2, 0.25) is 0 Å². The van der Waals surface area contributed by atoms with Gasteiger partial charge in [0, 0.05) is 6.42 Å². The van der Waals surface area contributed by atoms with Crippen molar-refractivity contribution in [1.29, 1.82) is 5.26 Å². The number of anilines is 1. The van der Waals surface area contributed by atoms with E-state index in [1.165, 1.54) is 12.8 Å². The van der Waals surface area contributed by atoms with Crippen LogP contribution in [0.2, 0.25) is 0 Å². The van der Waals surface area contributed by atoms with E-state index in [4.69, 9.17) is 5.73 Å². The second kappa shape index (κ2) is 5.38. The van der Waals surface area contributed by atoms with E-state index in [9.17, 15) is 5.26 Å². The summed E-state index contributed by atoms with van der Waals surface area (Å²) in [5.41, 5.74) is 8.62. The Kier molecular flexibility index (Phi) is 3.42. The number of hydrogen-bond acceptors (Lipinski definition) is 3. The van der Waals surface area contributed by atoms with E-state index in [-0.39, 0.29) is 0 Å². The van der Waals surface area contributed by atoms with Gasteiger partial charge in [0.15, 0.2) is 0 Å². The summed E-state index contributed by atoms with van der Waals surface area (Å²) in [5, 5.41) is 14.0. The van der Waals surface area contributed by atoms with E-state index in [2.05, 4.69) is 11.2 Å². The molecule has 20 heavy (non-hydrogen) atoms. The zero-order valence-electron chi connectivity index (χ0n) is 11.4. The van der Waals surface area contributed by atoms with Crippen molar-refractivity contribution >= 4 is 5.82 Å². The first-order valence-electron chi connectivity index (χ1n) is 7.10. The molecule has 4 heteroatoms. The molecule has 0 unspecified atom stereocenters. The zero-order chi connectivity index (χ0) is 13.9. The minimum Gasteiger partial charge on any atom is -0.383 e. The maximum Gasteiger partial charge on any atom is 0.140 e. The van der Waals surface area contributed by atoms with Crippen LogP contribution in [-0.4, -0.2) is 9.78 Å². The summed E-state index contributed by atoms with van der Waals surface area (Å²) < 4.78 is 1.88. The van der Waals surface area contributed by atoms with Crippen LogP contribution in [0.4, 0.5) is 5.82 Å². The maximum absolute atomic E-state index is 9.35. The second-order valence-corrected chi connectivity index (χ2v) is 5.36. The Hall–Kier alpha value is -2.28. The van der Waals surface area contributed by atoms with Crippen molar-refractivity contribution in [3.8, 4) is 6.07 Å². The number of benzene rings is 1. The van der Waals surface area contributed by atoms with Crippen LogP contribution in [0.1, 0.15) is 48.5 Å². The quantitative estimate of drug-likeness (QED) is 0.928. The van der Waals surface area contributed by atoms with Crippen LogP contribution in [0.5, 0.6) is 0 Å². The van der Waals surface area contributed by atoms with Gasteiger partial charge in [0.25, 0.3) is 0 Å². The molecular weight excluding hydrogens is 248 g/mol. The SMILES string of the molecule is N#Cc1c(Cc2ccccc2)nn(C2CCCC2)c1N. The molecule has 0 bridgehead atoms. The number of hydrogen-bond donors (Lipinski definition) is 1. The smallest absolute Gasteiger partial charge is 0.140 e. The molecule has 2 aromatic rings. The fourth-order valence-corrected chi connectivity index (χ4v) is 2.96. The molecule has 4 nitrogen and oxygen atoms in total. The number of aromatic nitrogens is 2. The first-order chi connectivity index (χ1) is 9.79. The zero-order valence-corrected chi connectivity index (χ0v) is 11.4. The van der Waals surface area contributed by atoms with Crippen molar-refractivity contribution in [3.05, 3.63) is 47.2 Å². The van der Waals surface area contributed by atoms with Gasteiger partial charge in [-0.1, -0.05) is 43.2 Å². The predicted molar refractivity (Wildman–Crippen MR) is 78.1 cm³/mol. The molecule has 1 saturated carbocycles. The third-order valence-corrected chi connectivity index (χ3v) is 4.02. The summed E-state index contributed by atoms with van der Waals surface area (Å²) in [6, 6.07) is 12.7. The molecule has 0 atom stereocenters. The second-order valence-electron chi connectivity index (χ2n) is 5.36. The average molecular weight is 266 g/mol. The summed E-state index contributed by atoms with van der Waals surface area (Å²) in [6.07, 6.45) is 5.33. The molecule has 1 fully saturated rings. The normalized spacial score (nSPS) is 15.3. The van der Waals surface area contributed by atoms with Gasteiger partial charge in [-0.2, -0.15) is 10.4 Å². The number of nitriles is 1. The molecule has 2 N–H and O–H groups in total. The lowest BCUT2D eigenvalue weighted by Gasteiger charge is -2.11. The molecule has 1 heterocycles. The van der Waals surface area contributed by atoms with Crippen LogP contribution in [0, 0.1) is 11.3 Å². The van der Waals surface area contributed by atoms with Crippen LogP contribution in [-0.2, 0) is 6.42 Å². The molecule has 0 saturated heterocycles. The van der Waals surface area contributed by atoms with Gasteiger partial charge in [0.1, 0.15) is 17.5 Å². The Bertz CT molecular complexity index is 630. The van der Waals surface area contributed by atoms with Crippen LogP contribution in [0.15, 0.2) is 30.3 Å². The van der Waals surface area contributed by atoms with Crippen molar-refractivity contribution in [2.24, 2.45) is 0 Å². The van der Waals surface area contributed by atoms with Gasteiger partial charge in [-0.05, 0) is 18.4 Å². The monoisotopic (exact) mass is 266 g/mol. The van der Waals surface area contributed by atoms with E-state index in [1.807, 2.05) is 35.0 Å². The Balaban J connectivity index is 1.94. The van der Waals surface area contributed by atoms with Crippen molar-refractivity contribution in [3.63, 3.8) is 0 Å². The lowest BCUT2D eigenvalue weighted by Crippen LogP contribution is -2.10. The van der Waals surface area contributed by atoms with Crippen molar-refractivity contribution in [2.75, 3.05) is 5.73 Å². The van der Waals surface area contributed by atoms with Crippen molar-refractivity contribution in [1.82, 2.24) is 9.78 Å². The lowest BCUT2D eigenvalue weighted by atomic mass is 10.1. The minimum atomic E-state index is 0.367. The van der Waals surface area contributed by atoms with Gasteiger partial charge in [-0.3, -0.25) is 0 Å². The first kappa shape index (κ1) is 12.7. The molecule has 0 spiro atoms. The van der Waals surface area contributed by atoms with E-state index in [0.29, 0.717) is 23.8 Å².